The maximum absolute atomic E-state index is 12.4. The van der Waals surface area contributed by atoms with Crippen LogP contribution in [0.5, 0.6) is 5.75 Å². The number of carbonyl (C=O) groups is 2. The van der Waals surface area contributed by atoms with E-state index in [0.29, 0.717) is 24.8 Å². The normalized spacial score (nSPS) is 14.5. The third kappa shape index (κ3) is 4.35. The van der Waals surface area contributed by atoms with Crippen molar-refractivity contribution in [3.63, 3.8) is 0 Å². The number of piperidine rings is 1. The molecule has 2 amide bonds. The molecule has 1 aliphatic rings. The molecule has 4 rings (SSSR count). The van der Waals surface area contributed by atoms with Crippen molar-refractivity contribution in [1.82, 2.24) is 20.4 Å². The number of likely N-dealkylation sites (tertiary alicyclic amines) is 1. The molecule has 0 unspecified atom stereocenters. The smallest absolute Gasteiger partial charge is 0.287 e. The zero-order valence-electron chi connectivity index (χ0n) is 16.5. The van der Waals surface area contributed by atoms with Gasteiger partial charge < -0.3 is 23.9 Å². The lowest BCUT2D eigenvalue weighted by molar-refractivity contribution is -0.131. The Labute approximate surface area is 173 Å². The molecule has 0 atom stereocenters. The second-order valence-electron chi connectivity index (χ2n) is 7.00. The van der Waals surface area contributed by atoms with E-state index in [1.807, 2.05) is 24.3 Å². The summed E-state index contributed by atoms with van der Waals surface area (Å²) in [5, 5.41) is 6.71. The molecular weight excluding hydrogens is 388 g/mol. The lowest BCUT2D eigenvalue weighted by atomic mass is 9.96. The van der Waals surface area contributed by atoms with E-state index in [9.17, 15) is 9.59 Å². The van der Waals surface area contributed by atoms with E-state index in [2.05, 4.69) is 15.5 Å². The van der Waals surface area contributed by atoms with E-state index >= 15 is 0 Å². The number of hydrogen-bond donors (Lipinski definition) is 1. The van der Waals surface area contributed by atoms with E-state index in [1.54, 1.807) is 24.1 Å². The molecule has 9 heteroatoms. The highest BCUT2D eigenvalue weighted by Crippen LogP contribution is 2.29. The van der Waals surface area contributed by atoms with E-state index in [0.717, 1.165) is 24.2 Å². The van der Waals surface area contributed by atoms with E-state index in [1.165, 1.54) is 6.26 Å². The Morgan fingerprint density at radius 1 is 1.23 bits per heavy atom. The van der Waals surface area contributed by atoms with Crippen LogP contribution in [0.1, 0.15) is 35.1 Å². The Morgan fingerprint density at radius 3 is 2.80 bits per heavy atom. The van der Waals surface area contributed by atoms with Gasteiger partial charge in [-0.1, -0.05) is 11.2 Å². The molecule has 0 radical (unpaired) electrons. The average molecular weight is 410 g/mol. The fourth-order valence-corrected chi connectivity index (χ4v) is 3.42. The van der Waals surface area contributed by atoms with Crippen LogP contribution in [-0.2, 0) is 4.79 Å². The summed E-state index contributed by atoms with van der Waals surface area (Å²) in [4.78, 5) is 30.5. The number of hydrogen-bond acceptors (Lipinski definition) is 7. The second-order valence-corrected chi connectivity index (χ2v) is 7.00. The third-order valence-electron chi connectivity index (χ3n) is 5.12. The van der Waals surface area contributed by atoms with Gasteiger partial charge in [-0.3, -0.25) is 9.59 Å². The van der Waals surface area contributed by atoms with Gasteiger partial charge in [0.15, 0.2) is 11.6 Å². The Bertz CT molecular complexity index is 1010. The molecule has 3 heterocycles. The van der Waals surface area contributed by atoms with Crippen LogP contribution in [0.15, 0.2) is 51.6 Å². The Hall–Kier alpha value is -3.62. The highest BCUT2D eigenvalue weighted by Gasteiger charge is 2.27. The molecule has 1 aromatic carbocycles. The second kappa shape index (κ2) is 8.81. The highest BCUT2D eigenvalue weighted by molar-refractivity contribution is 5.94. The van der Waals surface area contributed by atoms with Crippen molar-refractivity contribution in [1.29, 1.82) is 0 Å². The number of rotatable bonds is 6. The van der Waals surface area contributed by atoms with Crippen molar-refractivity contribution in [2.75, 3.05) is 26.7 Å². The number of nitrogens with one attached hydrogen (secondary N) is 1. The number of benzene rings is 1. The summed E-state index contributed by atoms with van der Waals surface area (Å²) in [5.41, 5.74) is 0.799. The molecule has 9 nitrogen and oxygen atoms in total. The SMILES string of the molecule is COc1cccc(-c2nc(C3CCN(C(=O)CNC(=O)c4ccco4)CC3)no2)c1. The molecule has 0 saturated carbocycles. The first-order chi connectivity index (χ1) is 14.6. The van der Waals surface area contributed by atoms with Gasteiger partial charge in [0, 0.05) is 24.6 Å². The van der Waals surface area contributed by atoms with E-state index < -0.39 is 5.91 Å². The largest absolute Gasteiger partial charge is 0.497 e. The van der Waals surface area contributed by atoms with Gasteiger partial charge >= 0.3 is 0 Å². The van der Waals surface area contributed by atoms with Crippen molar-refractivity contribution in [2.24, 2.45) is 0 Å². The van der Waals surface area contributed by atoms with Crippen LogP contribution in [0.3, 0.4) is 0 Å². The Kier molecular flexibility index (Phi) is 5.78. The average Bonchev–Trinajstić information content (AvgIpc) is 3.50. The third-order valence-corrected chi connectivity index (χ3v) is 5.12. The monoisotopic (exact) mass is 410 g/mol. The maximum Gasteiger partial charge on any atom is 0.287 e. The minimum Gasteiger partial charge on any atom is -0.497 e. The molecule has 1 fully saturated rings. The minimum atomic E-state index is -0.403. The predicted octanol–water partition coefficient (Wildman–Crippen LogP) is 2.47. The van der Waals surface area contributed by atoms with Gasteiger partial charge in [-0.05, 0) is 43.2 Å². The van der Waals surface area contributed by atoms with Crippen molar-refractivity contribution in [3.05, 3.63) is 54.2 Å². The number of nitrogens with zero attached hydrogens (tertiary/aromatic N) is 3. The summed E-state index contributed by atoms with van der Waals surface area (Å²) in [6.45, 7) is 1.08. The molecule has 30 heavy (non-hydrogen) atoms. The first kappa shape index (κ1) is 19.7. The zero-order chi connectivity index (χ0) is 20.9. The van der Waals surface area contributed by atoms with Gasteiger partial charge in [-0.25, -0.2) is 0 Å². The van der Waals surface area contributed by atoms with Crippen LogP contribution >= 0.6 is 0 Å². The number of aromatic nitrogens is 2. The molecule has 2 aromatic heterocycles. The predicted molar refractivity (Wildman–Crippen MR) is 106 cm³/mol. The summed E-state index contributed by atoms with van der Waals surface area (Å²) in [6, 6.07) is 10.6. The molecule has 0 bridgehead atoms. The Morgan fingerprint density at radius 2 is 2.07 bits per heavy atom. The molecule has 0 aliphatic carbocycles. The van der Waals surface area contributed by atoms with Crippen LogP contribution in [0.25, 0.3) is 11.5 Å². The Balaban J connectivity index is 1.29. The van der Waals surface area contributed by atoms with Crippen LogP contribution < -0.4 is 10.1 Å². The van der Waals surface area contributed by atoms with Gasteiger partial charge in [0.05, 0.1) is 19.9 Å². The summed E-state index contributed by atoms with van der Waals surface area (Å²) < 4.78 is 15.7. The van der Waals surface area contributed by atoms with Gasteiger partial charge in [0.1, 0.15) is 5.75 Å². The molecule has 3 aromatic rings. The first-order valence-corrected chi connectivity index (χ1v) is 9.71. The zero-order valence-corrected chi connectivity index (χ0v) is 16.5. The van der Waals surface area contributed by atoms with Crippen LogP contribution in [0.4, 0.5) is 0 Å². The fourth-order valence-electron chi connectivity index (χ4n) is 3.42. The summed E-state index contributed by atoms with van der Waals surface area (Å²) in [5.74, 6) is 1.59. The van der Waals surface area contributed by atoms with Crippen LogP contribution in [0, 0.1) is 0 Å². The van der Waals surface area contributed by atoms with E-state index in [-0.39, 0.29) is 24.1 Å². The molecule has 1 N–H and O–H groups in total. The molecule has 1 aliphatic heterocycles. The number of amides is 2. The standard InChI is InChI=1S/C21H22N4O5/c1-28-16-5-2-4-15(12-16)21-23-19(24-30-21)14-7-9-25(10-8-14)18(26)13-22-20(27)17-6-3-11-29-17/h2-6,11-12,14H,7-10,13H2,1H3,(H,22,27). The highest BCUT2D eigenvalue weighted by atomic mass is 16.5. The number of methoxy groups -OCH3 is 1. The van der Waals surface area contributed by atoms with E-state index in [4.69, 9.17) is 13.7 Å². The van der Waals surface area contributed by atoms with Gasteiger partial charge in [-0.15, -0.1) is 0 Å². The fraction of sp³-hybridized carbons (Fsp3) is 0.333. The van der Waals surface area contributed by atoms with Crippen molar-refractivity contribution >= 4 is 11.8 Å². The summed E-state index contributed by atoms with van der Waals surface area (Å²) in [7, 11) is 1.61. The molecule has 156 valence electrons. The van der Waals surface area contributed by atoms with Crippen LogP contribution in [0.2, 0.25) is 0 Å². The number of carbonyl (C=O) groups excluding carboxylic acids is 2. The molecular formula is C21H22N4O5. The van der Waals surface area contributed by atoms with Crippen LogP contribution in [-0.4, -0.2) is 53.6 Å². The first-order valence-electron chi connectivity index (χ1n) is 9.71. The van der Waals surface area contributed by atoms with Gasteiger partial charge in [0.2, 0.25) is 5.91 Å². The minimum absolute atomic E-state index is 0.0631. The molecule has 1 saturated heterocycles. The lowest BCUT2D eigenvalue weighted by Crippen LogP contribution is -2.43. The van der Waals surface area contributed by atoms with Crippen molar-refractivity contribution < 1.29 is 23.3 Å². The van der Waals surface area contributed by atoms with Gasteiger partial charge in [0.25, 0.3) is 11.8 Å². The van der Waals surface area contributed by atoms with Gasteiger partial charge in [-0.2, -0.15) is 4.98 Å². The maximum atomic E-state index is 12.4. The summed E-state index contributed by atoms with van der Waals surface area (Å²) in [6.07, 6.45) is 2.88. The number of ether oxygens (including phenoxy) is 1. The number of furan rings is 1. The topological polar surface area (TPSA) is 111 Å². The lowest BCUT2D eigenvalue weighted by Gasteiger charge is -2.30. The molecule has 0 spiro atoms. The van der Waals surface area contributed by atoms with Crippen molar-refractivity contribution in [3.8, 4) is 17.2 Å². The summed E-state index contributed by atoms with van der Waals surface area (Å²) >= 11 is 0. The van der Waals surface area contributed by atoms with Crippen molar-refractivity contribution in [2.45, 2.75) is 18.8 Å². The quantitative estimate of drug-likeness (QED) is 0.664.